The Kier molecular flexibility index (Phi) is 7.11. The van der Waals surface area contributed by atoms with E-state index in [1.807, 2.05) is 47.4 Å². The summed E-state index contributed by atoms with van der Waals surface area (Å²) in [6.45, 7) is 5.08. The molecule has 0 spiro atoms. The van der Waals surface area contributed by atoms with Gasteiger partial charge in [0.15, 0.2) is 6.61 Å². The van der Waals surface area contributed by atoms with Crippen molar-refractivity contribution in [3.63, 3.8) is 0 Å². The summed E-state index contributed by atoms with van der Waals surface area (Å²) in [5, 5.41) is 4.17. The van der Waals surface area contributed by atoms with Crippen LogP contribution in [-0.4, -0.2) is 76.1 Å². The number of hydrogen-bond donors (Lipinski definition) is 0. The number of aromatic nitrogens is 3. The van der Waals surface area contributed by atoms with Crippen LogP contribution in [0.2, 0.25) is 0 Å². The van der Waals surface area contributed by atoms with Gasteiger partial charge in [-0.2, -0.15) is 4.98 Å². The maximum atomic E-state index is 13.0. The molecule has 0 radical (unpaired) electrons. The zero-order chi connectivity index (χ0) is 24.9. The number of ether oxygens (including phenoxy) is 1. The Morgan fingerprint density at radius 1 is 1.03 bits per heavy atom. The Labute approximate surface area is 209 Å². The van der Waals surface area contributed by atoms with Crippen LogP contribution in [0.15, 0.2) is 53.2 Å². The molecule has 10 heteroatoms. The minimum atomic E-state index is -0.267. The van der Waals surface area contributed by atoms with Crippen molar-refractivity contribution in [2.24, 2.45) is 0 Å². The Balaban J connectivity index is 1.23. The maximum Gasteiger partial charge on any atom is 0.261 e. The monoisotopic (exact) mass is 490 g/mol. The quantitative estimate of drug-likeness (QED) is 0.519. The van der Waals surface area contributed by atoms with Crippen molar-refractivity contribution in [3.05, 3.63) is 54.6 Å². The molecule has 2 amide bonds. The Morgan fingerprint density at radius 3 is 2.56 bits per heavy atom. The number of piperazine rings is 1. The lowest BCUT2D eigenvalue weighted by atomic mass is 10.0. The number of nitrogens with zero attached hydrogens (tertiary/aromatic N) is 6. The molecule has 1 atom stereocenters. The molecule has 0 saturated carbocycles. The predicted molar refractivity (Wildman–Crippen MR) is 132 cm³/mol. The van der Waals surface area contributed by atoms with Gasteiger partial charge < -0.3 is 24.0 Å². The molecular formula is C26H30N6O4. The van der Waals surface area contributed by atoms with Gasteiger partial charge in [-0.25, -0.2) is 4.98 Å². The molecule has 3 aromatic rings. The average molecular weight is 491 g/mol. The highest BCUT2D eigenvalue weighted by molar-refractivity contribution is 5.78. The van der Waals surface area contributed by atoms with Gasteiger partial charge in [-0.3, -0.25) is 9.59 Å². The molecule has 4 heterocycles. The fourth-order valence-corrected chi connectivity index (χ4v) is 4.68. The average Bonchev–Trinajstić information content (AvgIpc) is 3.43. The van der Waals surface area contributed by atoms with E-state index < -0.39 is 0 Å². The van der Waals surface area contributed by atoms with E-state index in [4.69, 9.17) is 9.26 Å². The van der Waals surface area contributed by atoms with E-state index in [1.165, 1.54) is 0 Å². The second kappa shape index (κ2) is 10.8. The van der Waals surface area contributed by atoms with E-state index in [0.29, 0.717) is 37.1 Å². The molecule has 2 aliphatic rings. The van der Waals surface area contributed by atoms with Gasteiger partial charge in [-0.15, -0.1) is 0 Å². The van der Waals surface area contributed by atoms with Crippen LogP contribution in [0.5, 0.6) is 5.75 Å². The molecule has 2 aliphatic heterocycles. The largest absolute Gasteiger partial charge is 0.484 e. The van der Waals surface area contributed by atoms with E-state index in [0.717, 1.165) is 43.7 Å². The number of amides is 2. The maximum absolute atomic E-state index is 13.0. The van der Waals surface area contributed by atoms with Crippen molar-refractivity contribution < 1.29 is 18.8 Å². The lowest BCUT2D eigenvalue weighted by molar-refractivity contribution is -0.138. The molecule has 5 rings (SSSR count). The van der Waals surface area contributed by atoms with E-state index >= 15 is 0 Å². The summed E-state index contributed by atoms with van der Waals surface area (Å²) in [6, 6.07) is 12.9. The minimum absolute atomic E-state index is 0.0342. The molecule has 0 bridgehead atoms. The summed E-state index contributed by atoms with van der Waals surface area (Å²) >= 11 is 0. The fourth-order valence-electron chi connectivity index (χ4n) is 4.68. The van der Waals surface area contributed by atoms with Crippen LogP contribution >= 0.6 is 0 Å². The molecule has 2 aromatic heterocycles. The van der Waals surface area contributed by atoms with Crippen molar-refractivity contribution >= 4 is 17.6 Å². The molecule has 188 valence electrons. The first-order valence-corrected chi connectivity index (χ1v) is 12.4. The van der Waals surface area contributed by atoms with Crippen molar-refractivity contribution in [1.82, 2.24) is 24.9 Å². The van der Waals surface area contributed by atoms with Crippen molar-refractivity contribution in [2.75, 3.05) is 44.2 Å². The number of likely N-dealkylation sites (tertiary alicyclic amines) is 1. The van der Waals surface area contributed by atoms with Crippen LogP contribution < -0.4 is 9.64 Å². The van der Waals surface area contributed by atoms with Crippen LogP contribution in [0.25, 0.3) is 11.4 Å². The first kappa shape index (κ1) is 23.8. The number of carbonyl (C=O) groups excluding carboxylic acids is 2. The highest BCUT2D eigenvalue weighted by atomic mass is 16.5. The van der Waals surface area contributed by atoms with Crippen LogP contribution in [-0.2, 0) is 9.59 Å². The molecule has 2 fully saturated rings. The SMILES string of the molecule is CC(=O)N1CCN(c2ccc(-c3noc(C4CCCCN4C(=O)COc4ccccc4)n3)cn2)CC1. The number of anilines is 1. The zero-order valence-corrected chi connectivity index (χ0v) is 20.4. The predicted octanol–water partition coefficient (Wildman–Crippen LogP) is 2.93. The summed E-state index contributed by atoms with van der Waals surface area (Å²) in [5.74, 6) is 2.41. The van der Waals surface area contributed by atoms with Crippen LogP contribution in [0.1, 0.15) is 38.1 Å². The third kappa shape index (κ3) is 5.32. The lowest BCUT2D eigenvalue weighted by Gasteiger charge is -2.34. The zero-order valence-electron chi connectivity index (χ0n) is 20.4. The summed E-state index contributed by atoms with van der Waals surface area (Å²) in [4.78, 5) is 39.5. The van der Waals surface area contributed by atoms with Crippen LogP contribution in [0.4, 0.5) is 5.82 Å². The number of pyridine rings is 1. The number of rotatable bonds is 6. The van der Waals surface area contributed by atoms with Gasteiger partial charge >= 0.3 is 0 Å². The molecular weight excluding hydrogens is 460 g/mol. The van der Waals surface area contributed by atoms with Gasteiger partial charge in [-0.1, -0.05) is 23.4 Å². The second-order valence-corrected chi connectivity index (χ2v) is 9.05. The van der Waals surface area contributed by atoms with Gasteiger partial charge in [0.05, 0.1) is 0 Å². The van der Waals surface area contributed by atoms with Crippen LogP contribution in [0, 0.1) is 0 Å². The topological polar surface area (TPSA) is 105 Å². The number of hydrogen-bond acceptors (Lipinski definition) is 8. The van der Waals surface area contributed by atoms with Crippen molar-refractivity contribution in [1.29, 1.82) is 0 Å². The van der Waals surface area contributed by atoms with E-state index in [2.05, 4.69) is 20.0 Å². The molecule has 1 unspecified atom stereocenters. The third-order valence-corrected chi connectivity index (χ3v) is 6.71. The van der Waals surface area contributed by atoms with Gasteiger partial charge in [0.1, 0.15) is 17.6 Å². The fraction of sp³-hybridized carbons (Fsp3) is 0.423. The number of carbonyl (C=O) groups is 2. The highest BCUT2D eigenvalue weighted by Crippen LogP contribution is 2.31. The third-order valence-electron chi connectivity index (χ3n) is 6.71. The number of piperidine rings is 1. The van der Waals surface area contributed by atoms with E-state index in [-0.39, 0.29) is 24.5 Å². The molecule has 2 saturated heterocycles. The van der Waals surface area contributed by atoms with Gasteiger partial charge in [0.25, 0.3) is 5.91 Å². The Hall–Kier alpha value is -3.95. The second-order valence-electron chi connectivity index (χ2n) is 9.05. The van der Waals surface area contributed by atoms with E-state index in [1.54, 1.807) is 18.0 Å². The smallest absolute Gasteiger partial charge is 0.261 e. The summed E-state index contributed by atoms with van der Waals surface area (Å²) in [7, 11) is 0. The first-order valence-electron chi connectivity index (χ1n) is 12.4. The normalized spacial score (nSPS) is 18.2. The molecule has 10 nitrogen and oxygen atoms in total. The Bertz CT molecular complexity index is 1170. The molecule has 0 N–H and O–H groups in total. The Morgan fingerprint density at radius 2 is 1.83 bits per heavy atom. The van der Waals surface area contributed by atoms with Gasteiger partial charge in [0, 0.05) is 51.4 Å². The first-order chi connectivity index (χ1) is 17.6. The summed E-state index contributed by atoms with van der Waals surface area (Å²) in [5.41, 5.74) is 0.747. The molecule has 36 heavy (non-hydrogen) atoms. The summed E-state index contributed by atoms with van der Waals surface area (Å²) in [6.07, 6.45) is 4.42. The standard InChI is InChI=1S/C26H30N6O4/c1-19(33)30-13-15-31(16-14-30)23-11-10-20(17-27-23)25-28-26(36-29-25)22-9-5-6-12-32(22)24(34)18-35-21-7-3-2-4-8-21/h2-4,7-8,10-11,17,22H,5-6,9,12-16,18H2,1H3. The minimum Gasteiger partial charge on any atom is -0.484 e. The molecule has 0 aliphatic carbocycles. The van der Waals surface area contributed by atoms with Crippen molar-refractivity contribution in [3.8, 4) is 17.1 Å². The van der Waals surface area contributed by atoms with Crippen LogP contribution in [0.3, 0.4) is 0 Å². The van der Waals surface area contributed by atoms with Crippen molar-refractivity contribution in [2.45, 2.75) is 32.2 Å². The summed E-state index contributed by atoms with van der Waals surface area (Å²) < 4.78 is 11.3. The highest BCUT2D eigenvalue weighted by Gasteiger charge is 2.32. The van der Waals surface area contributed by atoms with Gasteiger partial charge in [-0.05, 0) is 43.5 Å². The van der Waals surface area contributed by atoms with E-state index in [9.17, 15) is 9.59 Å². The van der Waals surface area contributed by atoms with Gasteiger partial charge in [0.2, 0.25) is 17.6 Å². The number of para-hydroxylation sites is 1. The lowest BCUT2D eigenvalue weighted by Crippen LogP contribution is -2.48. The molecule has 1 aromatic carbocycles. The number of benzene rings is 1.